The summed E-state index contributed by atoms with van der Waals surface area (Å²) in [6, 6.07) is 2.14. The van der Waals surface area contributed by atoms with Gasteiger partial charge in [0, 0.05) is 24.4 Å². The number of nitriles is 1. The molecular weight excluding hydrogens is 422 g/mol. The summed E-state index contributed by atoms with van der Waals surface area (Å²) in [6.07, 6.45) is 13.9. The lowest BCUT2D eigenvalue weighted by Crippen LogP contribution is -2.59. The minimum atomic E-state index is -0.385. The van der Waals surface area contributed by atoms with E-state index in [1.807, 2.05) is 12.2 Å². The van der Waals surface area contributed by atoms with Crippen LogP contribution in [0.4, 0.5) is 0 Å². The van der Waals surface area contributed by atoms with Gasteiger partial charge in [-0.05, 0) is 97.9 Å². The molecule has 5 aliphatic rings. The molecule has 4 heteroatoms. The first-order valence-electron chi connectivity index (χ1n) is 13.5. The number of Topliss-reactive ketones (excluding diaryl/α,β-unsaturated/α-hetero) is 1. The van der Waals surface area contributed by atoms with Crippen LogP contribution in [-0.4, -0.2) is 23.3 Å². The summed E-state index contributed by atoms with van der Waals surface area (Å²) < 4.78 is 0. The molecule has 0 saturated heterocycles. The normalized spacial score (nSPS) is 45.1. The Balaban J connectivity index is 1.59. The second-order valence-corrected chi connectivity index (χ2v) is 13.5. The van der Waals surface area contributed by atoms with Gasteiger partial charge in [-0.2, -0.15) is 5.26 Å². The Bertz CT molecular complexity index is 1010. The standard InChI is InChI=1S/C30H41NO3/c1-27(2)11-12-30(8-5-13-32)10-7-21-26(22(30)17-27)24(34)15-25-28(21,3)9-6-20-14-23(33)19(18-31)16-29(20,25)4/h15-16,20-22,26,32H,5-14,17H2,1-4H3. The highest BCUT2D eigenvalue weighted by Crippen LogP contribution is 2.69. The molecule has 3 saturated carbocycles. The number of carbonyl (C=O) groups excluding carboxylic acids is 2. The Morgan fingerprint density at radius 2 is 1.82 bits per heavy atom. The van der Waals surface area contributed by atoms with Crippen molar-refractivity contribution in [1.82, 2.24) is 0 Å². The number of fused-ring (bicyclic) bond motifs is 7. The average molecular weight is 464 g/mol. The van der Waals surface area contributed by atoms with E-state index in [4.69, 9.17) is 0 Å². The first-order valence-corrected chi connectivity index (χ1v) is 13.5. The van der Waals surface area contributed by atoms with E-state index in [9.17, 15) is 20.0 Å². The van der Waals surface area contributed by atoms with E-state index >= 15 is 0 Å². The molecule has 0 bridgehead atoms. The number of nitrogens with zero attached hydrogens (tertiary/aromatic N) is 1. The molecule has 5 aliphatic carbocycles. The molecule has 0 spiro atoms. The number of aliphatic hydroxyl groups is 1. The molecule has 184 valence electrons. The quantitative estimate of drug-likeness (QED) is 0.561. The number of rotatable bonds is 3. The van der Waals surface area contributed by atoms with Gasteiger partial charge in [-0.3, -0.25) is 9.59 Å². The van der Waals surface area contributed by atoms with Crippen LogP contribution in [-0.2, 0) is 9.59 Å². The molecule has 34 heavy (non-hydrogen) atoms. The van der Waals surface area contributed by atoms with Crippen molar-refractivity contribution >= 4 is 11.6 Å². The zero-order chi connectivity index (χ0) is 24.5. The molecule has 0 aliphatic heterocycles. The number of aliphatic hydroxyl groups excluding tert-OH is 1. The first-order chi connectivity index (χ1) is 16.0. The van der Waals surface area contributed by atoms with Crippen molar-refractivity contribution in [2.24, 2.45) is 45.3 Å². The second-order valence-electron chi connectivity index (χ2n) is 13.5. The van der Waals surface area contributed by atoms with Crippen molar-refractivity contribution in [3.8, 4) is 6.07 Å². The summed E-state index contributed by atoms with van der Waals surface area (Å²) >= 11 is 0. The van der Waals surface area contributed by atoms with Gasteiger partial charge in [-0.1, -0.05) is 39.3 Å². The van der Waals surface area contributed by atoms with Gasteiger partial charge in [-0.25, -0.2) is 0 Å². The molecule has 7 unspecified atom stereocenters. The lowest BCUT2D eigenvalue weighted by molar-refractivity contribution is -0.147. The Hall–Kier alpha value is -1.73. The third-order valence-corrected chi connectivity index (χ3v) is 11.3. The van der Waals surface area contributed by atoms with Gasteiger partial charge in [0.15, 0.2) is 11.6 Å². The lowest BCUT2D eigenvalue weighted by atomic mass is 9.39. The van der Waals surface area contributed by atoms with E-state index in [-0.39, 0.29) is 51.5 Å². The summed E-state index contributed by atoms with van der Waals surface area (Å²) in [7, 11) is 0. The number of allylic oxidation sites excluding steroid dienone is 4. The van der Waals surface area contributed by atoms with Crippen LogP contribution in [0, 0.1) is 56.7 Å². The van der Waals surface area contributed by atoms with Crippen molar-refractivity contribution < 1.29 is 14.7 Å². The van der Waals surface area contributed by atoms with Gasteiger partial charge in [0.25, 0.3) is 0 Å². The van der Waals surface area contributed by atoms with Gasteiger partial charge < -0.3 is 5.11 Å². The molecule has 0 radical (unpaired) electrons. The Kier molecular flexibility index (Phi) is 5.56. The lowest BCUT2D eigenvalue weighted by Gasteiger charge is -2.64. The molecule has 0 aromatic rings. The topological polar surface area (TPSA) is 78.2 Å². The number of ketones is 2. The van der Waals surface area contributed by atoms with Crippen molar-refractivity contribution in [1.29, 1.82) is 5.26 Å². The summed E-state index contributed by atoms with van der Waals surface area (Å²) in [4.78, 5) is 26.6. The van der Waals surface area contributed by atoms with Crippen LogP contribution >= 0.6 is 0 Å². The maximum atomic E-state index is 14.1. The third-order valence-electron chi connectivity index (χ3n) is 11.3. The molecule has 0 amide bonds. The van der Waals surface area contributed by atoms with Crippen LogP contribution in [0.15, 0.2) is 23.3 Å². The summed E-state index contributed by atoms with van der Waals surface area (Å²) in [6.45, 7) is 9.52. The molecule has 0 aromatic carbocycles. The van der Waals surface area contributed by atoms with Gasteiger partial charge >= 0.3 is 0 Å². The molecule has 1 N–H and O–H groups in total. The van der Waals surface area contributed by atoms with Crippen molar-refractivity contribution in [2.75, 3.05) is 6.61 Å². The minimum Gasteiger partial charge on any atom is -0.396 e. The first kappa shape index (κ1) is 24.0. The molecule has 0 aromatic heterocycles. The zero-order valence-corrected chi connectivity index (χ0v) is 21.5. The number of hydrogen-bond donors (Lipinski definition) is 1. The van der Waals surface area contributed by atoms with Crippen LogP contribution in [0.3, 0.4) is 0 Å². The van der Waals surface area contributed by atoms with Gasteiger partial charge in [0.1, 0.15) is 6.07 Å². The highest BCUT2D eigenvalue weighted by molar-refractivity contribution is 6.01. The summed E-state index contributed by atoms with van der Waals surface area (Å²) in [5, 5.41) is 19.2. The fourth-order valence-electron chi connectivity index (χ4n) is 9.39. The third kappa shape index (κ3) is 3.33. The van der Waals surface area contributed by atoms with Crippen molar-refractivity contribution in [3.05, 3.63) is 23.3 Å². The maximum Gasteiger partial charge on any atom is 0.173 e. The molecule has 3 fully saturated rings. The number of hydrogen-bond acceptors (Lipinski definition) is 4. The van der Waals surface area contributed by atoms with E-state index in [2.05, 4.69) is 33.8 Å². The van der Waals surface area contributed by atoms with Gasteiger partial charge in [0.05, 0.1) is 5.57 Å². The van der Waals surface area contributed by atoms with Gasteiger partial charge in [0.2, 0.25) is 0 Å². The van der Waals surface area contributed by atoms with Crippen molar-refractivity contribution in [3.63, 3.8) is 0 Å². The Labute approximate surface area is 204 Å². The van der Waals surface area contributed by atoms with Crippen LogP contribution in [0.25, 0.3) is 0 Å². The van der Waals surface area contributed by atoms with E-state index in [1.165, 1.54) is 18.4 Å². The Morgan fingerprint density at radius 1 is 1.06 bits per heavy atom. The molecule has 7 atom stereocenters. The fraction of sp³-hybridized carbons (Fsp3) is 0.767. The fourth-order valence-corrected chi connectivity index (χ4v) is 9.39. The largest absolute Gasteiger partial charge is 0.396 e. The molecule has 4 nitrogen and oxygen atoms in total. The van der Waals surface area contributed by atoms with E-state index in [0.717, 1.165) is 44.9 Å². The smallest absolute Gasteiger partial charge is 0.173 e. The highest BCUT2D eigenvalue weighted by atomic mass is 16.3. The average Bonchev–Trinajstić information content (AvgIpc) is 2.79. The highest BCUT2D eigenvalue weighted by Gasteiger charge is 2.63. The molecule has 5 rings (SSSR count). The minimum absolute atomic E-state index is 0.0371. The molecule has 0 heterocycles. The number of carbonyl (C=O) groups is 2. The SMILES string of the molecule is CC1(C)CCC2(CCCO)CCC3C(C(=O)C=C4C5(C)C=C(C#N)C(=O)CC5CCC43C)C2C1. The van der Waals surface area contributed by atoms with E-state index in [1.54, 1.807) is 0 Å². The predicted octanol–water partition coefficient (Wildman–Crippen LogP) is 5.95. The van der Waals surface area contributed by atoms with Crippen LogP contribution in [0.1, 0.15) is 91.9 Å². The maximum absolute atomic E-state index is 14.1. The summed E-state index contributed by atoms with van der Waals surface area (Å²) in [5.41, 5.74) is 1.46. The van der Waals surface area contributed by atoms with Crippen molar-refractivity contribution in [2.45, 2.75) is 91.9 Å². The zero-order valence-electron chi connectivity index (χ0n) is 21.5. The van der Waals surface area contributed by atoms with E-state index < -0.39 is 0 Å². The summed E-state index contributed by atoms with van der Waals surface area (Å²) in [5.74, 6) is 1.21. The predicted molar refractivity (Wildman–Crippen MR) is 131 cm³/mol. The monoisotopic (exact) mass is 463 g/mol. The van der Waals surface area contributed by atoms with Gasteiger partial charge in [-0.15, -0.1) is 0 Å². The van der Waals surface area contributed by atoms with E-state index in [0.29, 0.717) is 24.0 Å². The van der Waals surface area contributed by atoms with Crippen LogP contribution in [0.2, 0.25) is 0 Å². The second kappa shape index (κ2) is 7.89. The van der Waals surface area contributed by atoms with Crippen LogP contribution in [0.5, 0.6) is 0 Å². The van der Waals surface area contributed by atoms with Crippen LogP contribution < -0.4 is 0 Å². The Morgan fingerprint density at radius 3 is 2.53 bits per heavy atom. The molecular formula is C30H41NO3.